The molecule has 1 aromatic heterocycles. The van der Waals surface area contributed by atoms with E-state index >= 15 is 0 Å². The highest BCUT2D eigenvalue weighted by Crippen LogP contribution is 2.21. The first kappa shape index (κ1) is 16.6. The number of carbonyl (C=O) groups excluding carboxylic acids is 1. The number of halogens is 2. The second-order valence-corrected chi connectivity index (χ2v) is 6.13. The summed E-state index contributed by atoms with van der Waals surface area (Å²) in [7, 11) is 0. The Bertz CT molecular complexity index is 772. The Balaban J connectivity index is 1.71. The summed E-state index contributed by atoms with van der Waals surface area (Å²) in [5.41, 5.74) is 2.33. The highest BCUT2D eigenvalue weighted by molar-refractivity contribution is 5.72. The van der Waals surface area contributed by atoms with Crippen molar-refractivity contribution in [2.45, 2.75) is 40.0 Å². The molecule has 128 valence electrons. The van der Waals surface area contributed by atoms with Gasteiger partial charge in [-0.25, -0.2) is 8.78 Å². The lowest BCUT2D eigenvalue weighted by Crippen LogP contribution is -2.34. The van der Waals surface area contributed by atoms with E-state index in [2.05, 4.69) is 10.4 Å². The fraction of sp³-hybridized carbons (Fsp3) is 0.412. The molecule has 3 rings (SSSR count). The summed E-state index contributed by atoms with van der Waals surface area (Å²) in [5, 5.41) is 7.16. The molecule has 1 aromatic carbocycles. The summed E-state index contributed by atoms with van der Waals surface area (Å²) < 4.78 is 30.0. The maximum Gasteiger partial charge on any atom is 0.217 e. The van der Waals surface area contributed by atoms with Gasteiger partial charge in [-0.2, -0.15) is 5.10 Å². The van der Waals surface area contributed by atoms with Gasteiger partial charge in [0.15, 0.2) is 0 Å². The summed E-state index contributed by atoms with van der Waals surface area (Å²) in [6.45, 7) is 5.61. The van der Waals surface area contributed by atoms with Gasteiger partial charge in [-0.15, -0.1) is 0 Å². The molecule has 0 aliphatic carbocycles. The number of hydrogen-bond donors (Lipinski definition) is 1. The molecule has 5 nitrogen and oxygen atoms in total. The van der Waals surface area contributed by atoms with Crippen LogP contribution < -0.4 is 5.32 Å². The third-order valence-corrected chi connectivity index (χ3v) is 4.21. The van der Waals surface area contributed by atoms with Crippen molar-refractivity contribution in [1.29, 1.82) is 0 Å². The van der Waals surface area contributed by atoms with Gasteiger partial charge in [0.25, 0.3) is 0 Å². The van der Waals surface area contributed by atoms with Gasteiger partial charge in [0, 0.05) is 32.1 Å². The Kier molecular flexibility index (Phi) is 4.62. The van der Waals surface area contributed by atoms with Crippen molar-refractivity contribution in [2.24, 2.45) is 0 Å². The highest BCUT2D eigenvalue weighted by Gasteiger charge is 2.21. The van der Waals surface area contributed by atoms with Crippen molar-refractivity contribution in [3.8, 4) is 0 Å². The van der Waals surface area contributed by atoms with Gasteiger partial charge in [0.2, 0.25) is 5.91 Å². The number of rotatable bonds is 4. The van der Waals surface area contributed by atoms with Gasteiger partial charge in [0.05, 0.1) is 24.5 Å². The molecule has 24 heavy (non-hydrogen) atoms. The number of amides is 1. The van der Waals surface area contributed by atoms with Crippen molar-refractivity contribution >= 4 is 5.91 Å². The second-order valence-electron chi connectivity index (χ2n) is 6.13. The Labute approximate surface area is 139 Å². The number of nitrogens with one attached hydrogen (secondary N) is 1. The van der Waals surface area contributed by atoms with Crippen LogP contribution in [0.5, 0.6) is 0 Å². The van der Waals surface area contributed by atoms with E-state index in [0.29, 0.717) is 31.7 Å². The van der Waals surface area contributed by atoms with Crippen molar-refractivity contribution in [1.82, 2.24) is 20.0 Å². The van der Waals surface area contributed by atoms with Crippen LogP contribution in [-0.2, 0) is 31.0 Å². The lowest BCUT2D eigenvalue weighted by molar-refractivity contribution is -0.119. The number of nitrogens with zero attached hydrogens (tertiary/aromatic N) is 3. The fourth-order valence-corrected chi connectivity index (χ4v) is 2.90. The standard InChI is InChI=1S/C17H20F2N4O/c1-11-3-4-16(18)15(17(11)19)10-22-5-6-23-14(9-22)7-13(21-23)8-20-12(2)24/h3-4,7H,5-6,8-10H2,1-2H3,(H,20,24). The van der Waals surface area contributed by atoms with Gasteiger partial charge in [0.1, 0.15) is 11.6 Å². The van der Waals surface area contributed by atoms with Crippen LogP contribution in [0.4, 0.5) is 8.78 Å². The maximum atomic E-state index is 14.2. The smallest absolute Gasteiger partial charge is 0.217 e. The van der Waals surface area contributed by atoms with Crippen LogP contribution in [0.2, 0.25) is 0 Å². The number of hydrogen-bond acceptors (Lipinski definition) is 3. The summed E-state index contributed by atoms with van der Waals surface area (Å²) in [5.74, 6) is -1.09. The molecule has 2 aromatic rings. The predicted octanol–water partition coefficient (Wildman–Crippen LogP) is 2.12. The number of aromatic nitrogens is 2. The number of carbonyl (C=O) groups is 1. The molecule has 0 saturated heterocycles. The fourth-order valence-electron chi connectivity index (χ4n) is 2.90. The molecule has 1 amide bonds. The molecule has 0 fully saturated rings. The Morgan fingerprint density at radius 1 is 1.33 bits per heavy atom. The zero-order valence-electron chi connectivity index (χ0n) is 13.8. The van der Waals surface area contributed by atoms with E-state index in [4.69, 9.17) is 0 Å². The molecule has 0 radical (unpaired) electrons. The SMILES string of the molecule is CC(=O)NCc1cc2n(n1)CCN(Cc1c(F)ccc(C)c1F)C2. The Morgan fingerprint density at radius 3 is 2.88 bits per heavy atom. The van der Waals surface area contributed by atoms with Gasteiger partial charge in [-0.3, -0.25) is 14.4 Å². The van der Waals surface area contributed by atoms with Crippen molar-refractivity contribution in [2.75, 3.05) is 6.54 Å². The topological polar surface area (TPSA) is 50.2 Å². The van der Waals surface area contributed by atoms with Crippen molar-refractivity contribution < 1.29 is 13.6 Å². The monoisotopic (exact) mass is 334 g/mol. The zero-order chi connectivity index (χ0) is 17.3. The van der Waals surface area contributed by atoms with E-state index in [-0.39, 0.29) is 18.0 Å². The Hall–Kier alpha value is -2.28. The summed E-state index contributed by atoms with van der Waals surface area (Å²) in [6.07, 6.45) is 0. The molecule has 0 spiro atoms. The van der Waals surface area contributed by atoms with Gasteiger partial charge in [-0.1, -0.05) is 6.07 Å². The normalized spacial score (nSPS) is 14.5. The zero-order valence-corrected chi connectivity index (χ0v) is 13.8. The molecular formula is C17H20F2N4O. The minimum atomic E-state index is -0.511. The lowest BCUT2D eigenvalue weighted by atomic mass is 10.1. The van der Waals surface area contributed by atoms with Crippen LogP contribution in [0.1, 0.15) is 29.4 Å². The van der Waals surface area contributed by atoms with Crippen molar-refractivity contribution in [3.05, 3.63) is 52.3 Å². The van der Waals surface area contributed by atoms with Crippen molar-refractivity contribution in [3.63, 3.8) is 0 Å². The number of fused-ring (bicyclic) bond motifs is 1. The first-order valence-electron chi connectivity index (χ1n) is 7.90. The largest absolute Gasteiger partial charge is 0.351 e. The molecule has 1 aliphatic rings. The van der Waals surface area contributed by atoms with E-state index in [1.807, 2.05) is 15.6 Å². The van der Waals surface area contributed by atoms with Crippen LogP contribution in [0, 0.1) is 18.6 Å². The van der Waals surface area contributed by atoms with Crippen LogP contribution >= 0.6 is 0 Å². The summed E-state index contributed by atoms with van der Waals surface area (Å²) in [4.78, 5) is 13.0. The molecule has 0 bridgehead atoms. The molecule has 0 saturated carbocycles. The number of aryl methyl sites for hydroxylation is 1. The minimum Gasteiger partial charge on any atom is -0.351 e. The van der Waals surface area contributed by atoms with E-state index in [0.717, 1.165) is 11.4 Å². The number of benzene rings is 1. The van der Waals surface area contributed by atoms with E-state index in [1.165, 1.54) is 19.1 Å². The van der Waals surface area contributed by atoms with Crippen LogP contribution in [-0.4, -0.2) is 27.1 Å². The molecule has 2 heterocycles. The molecule has 1 N–H and O–H groups in total. The summed E-state index contributed by atoms with van der Waals surface area (Å²) in [6, 6.07) is 4.69. The lowest BCUT2D eigenvalue weighted by Gasteiger charge is -2.27. The predicted molar refractivity (Wildman–Crippen MR) is 85.0 cm³/mol. The average Bonchev–Trinajstić information content (AvgIpc) is 2.95. The van der Waals surface area contributed by atoms with E-state index in [1.54, 1.807) is 6.92 Å². The molecule has 0 unspecified atom stereocenters. The van der Waals surface area contributed by atoms with Gasteiger partial charge < -0.3 is 5.32 Å². The van der Waals surface area contributed by atoms with Gasteiger partial charge >= 0.3 is 0 Å². The second kappa shape index (κ2) is 6.68. The van der Waals surface area contributed by atoms with Crippen LogP contribution in [0.3, 0.4) is 0 Å². The third kappa shape index (κ3) is 3.46. The average molecular weight is 334 g/mol. The van der Waals surface area contributed by atoms with Gasteiger partial charge in [-0.05, 0) is 24.6 Å². The first-order valence-corrected chi connectivity index (χ1v) is 7.90. The van der Waals surface area contributed by atoms with E-state index < -0.39 is 11.6 Å². The molecular weight excluding hydrogens is 314 g/mol. The third-order valence-electron chi connectivity index (χ3n) is 4.21. The minimum absolute atomic E-state index is 0.104. The van der Waals surface area contributed by atoms with Crippen LogP contribution in [0.25, 0.3) is 0 Å². The quantitative estimate of drug-likeness (QED) is 0.932. The first-order chi connectivity index (χ1) is 11.4. The Morgan fingerprint density at radius 2 is 2.12 bits per heavy atom. The van der Waals surface area contributed by atoms with E-state index in [9.17, 15) is 13.6 Å². The molecule has 1 aliphatic heterocycles. The molecule has 0 atom stereocenters. The molecule has 7 heteroatoms. The maximum absolute atomic E-state index is 14.2. The van der Waals surface area contributed by atoms with Crippen LogP contribution in [0.15, 0.2) is 18.2 Å². The summed E-state index contributed by atoms with van der Waals surface area (Å²) >= 11 is 0. The highest BCUT2D eigenvalue weighted by atomic mass is 19.1.